The second-order valence-corrected chi connectivity index (χ2v) is 8.11. The molecule has 4 nitrogen and oxygen atoms in total. The molecule has 0 aliphatic carbocycles. The Bertz CT molecular complexity index is 747. The zero-order chi connectivity index (χ0) is 19.9. The van der Waals surface area contributed by atoms with Crippen molar-refractivity contribution in [3.8, 4) is 5.75 Å². The first kappa shape index (κ1) is 20.4. The van der Waals surface area contributed by atoms with E-state index in [1.165, 1.54) is 31.5 Å². The van der Waals surface area contributed by atoms with Crippen LogP contribution in [-0.4, -0.2) is 31.0 Å². The van der Waals surface area contributed by atoms with Gasteiger partial charge in [0.25, 0.3) is 5.91 Å². The lowest BCUT2D eigenvalue weighted by atomic mass is 9.96. The number of rotatable bonds is 8. The Balaban J connectivity index is 1.66. The molecule has 1 amide bonds. The van der Waals surface area contributed by atoms with Crippen LogP contribution in [0.4, 0.5) is 0 Å². The highest BCUT2D eigenvalue weighted by atomic mass is 16.5. The number of carbonyl (C=O) groups excluding carboxylic acids is 1. The second kappa shape index (κ2) is 9.74. The topological polar surface area (TPSA) is 41.6 Å². The molecule has 2 aromatic carbocycles. The molecule has 1 N–H and O–H groups in total. The van der Waals surface area contributed by atoms with Crippen LogP contribution in [0.5, 0.6) is 5.75 Å². The Morgan fingerprint density at radius 2 is 1.68 bits per heavy atom. The van der Waals surface area contributed by atoms with E-state index in [0.29, 0.717) is 11.5 Å². The van der Waals surface area contributed by atoms with Gasteiger partial charge in [0.1, 0.15) is 5.75 Å². The maximum absolute atomic E-state index is 12.8. The standard InChI is InChI=1S/C24H32N2O2/c1-18(2)16-23(20-10-12-22(28-3)13-11-20)25-24(27)21-8-6-19(7-9-21)17-26-14-4-5-15-26/h6-13,18,23H,4-5,14-17H2,1-3H3,(H,25,27)/t23-/m0/s1. The molecule has 0 unspecified atom stereocenters. The molecule has 1 aliphatic rings. The van der Waals surface area contributed by atoms with Gasteiger partial charge in [0, 0.05) is 12.1 Å². The Morgan fingerprint density at radius 3 is 2.25 bits per heavy atom. The number of methoxy groups -OCH3 is 1. The molecular formula is C24H32N2O2. The predicted octanol–water partition coefficient (Wildman–Crippen LogP) is 4.81. The monoisotopic (exact) mass is 380 g/mol. The molecule has 4 heteroatoms. The fourth-order valence-corrected chi connectivity index (χ4v) is 3.79. The molecule has 0 spiro atoms. The van der Waals surface area contributed by atoms with Crippen molar-refractivity contribution in [3.63, 3.8) is 0 Å². The van der Waals surface area contributed by atoms with E-state index in [-0.39, 0.29) is 11.9 Å². The lowest BCUT2D eigenvalue weighted by Crippen LogP contribution is -2.29. The van der Waals surface area contributed by atoms with Crippen LogP contribution in [0.2, 0.25) is 0 Å². The Labute approximate surface area is 168 Å². The van der Waals surface area contributed by atoms with Crippen molar-refractivity contribution in [2.45, 2.75) is 45.7 Å². The largest absolute Gasteiger partial charge is 0.497 e. The maximum Gasteiger partial charge on any atom is 0.251 e. The minimum absolute atomic E-state index is 0.0114. The number of ether oxygens (including phenoxy) is 1. The van der Waals surface area contributed by atoms with E-state index in [9.17, 15) is 4.79 Å². The first-order valence-electron chi connectivity index (χ1n) is 10.3. The number of hydrogen-bond donors (Lipinski definition) is 1. The Kier molecular flexibility index (Phi) is 7.10. The van der Waals surface area contributed by atoms with E-state index < -0.39 is 0 Å². The van der Waals surface area contributed by atoms with Gasteiger partial charge in [-0.3, -0.25) is 9.69 Å². The molecule has 0 bridgehead atoms. The normalized spacial score (nSPS) is 15.6. The van der Waals surface area contributed by atoms with E-state index in [2.05, 4.69) is 36.2 Å². The number of likely N-dealkylation sites (tertiary alicyclic amines) is 1. The highest BCUT2D eigenvalue weighted by molar-refractivity contribution is 5.94. The van der Waals surface area contributed by atoms with Gasteiger partial charge in [-0.25, -0.2) is 0 Å². The molecule has 2 aromatic rings. The van der Waals surface area contributed by atoms with Crippen molar-refractivity contribution in [2.75, 3.05) is 20.2 Å². The molecule has 150 valence electrons. The third-order valence-corrected chi connectivity index (χ3v) is 5.35. The van der Waals surface area contributed by atoms with Crippen molar-refractivity contribution in [1.29, 1.82) is 0 Å². The van der Waals surface area contributed by atoms with Crippen LogP contribution in [0.1, 0.15) is 60.6 Å². The zero-order valence-electron chi connectivity index (χ0n) is 17.3. The van der Waals surface area contributed by atoms with Crippen LogP contribution in [0, 0.1) is 5.92 Å². The quantitative estimate of drug-likeness (QED) is 0.715. The van der Waals surface area contributed by atoms with E-state index in [0.717, 1.165) is 24.3 Å². The van der Waals surface area contributed by atoms with Crippen LogP contribution < -0.4 is 10.1 Å². The summed E-state index contributed by atoms with van der Waals surface area (Å²) in [7, 11) is 1.66. The number of nitrogens with one attached hydrogen (secondary N) is 1. The number of benzene rings is 2. The van der Waals surface area contributed by atoms with Crippen molar-refractivity contribution < 1.29 is 9.53 Å². The Hall–Kier alpha value is -2.33. The minimum Gasteiger partial charge on any atom is -0.497 e. The number of amides is 1. The summed E-state index contributed by atoms with van der Waals surface area (Å²) in [5, 5.41) is 3.22. The van der Waals surface area contributed by atoms with Gasteiger partial charge < -0.3 is 10.1 Å². The van der Waals surface area contributed by atoms with Crippen LogP contribution in [0.3, 0.4) is 0 Å². The maximum atomic E-state index is 12.8. The van der Waals surface area contributed by atoms with Crippen LogP contribution >= 0.6 is 0 Å². The summed E-state index contributed by atoms with van der Waals surface area (Å²) in [5.41, 5.74) is 3.09. The van der Waals surface area contributed by atoms with Crippen molar-refractivity contribution in [1.82, 2.24) is 10.2 Å². The van der Waals surface area contributed by atoms with Crippen molar-refractivity contribution in [2.24, 2.45) is 5.92 Å². The fourth-order valence-electron chi connectivity index (χ4n) is 3.79. The van der Waals surface area contributed by atoms with Gasteiger partial charge in [-0.1, -0.05) is 38.1 Å². The van der Waals surface area contributed by atoms with Gasteiger partial charge in [-0.15, -0.1) is 0 Å². The lowest BCUT2D eigenvalue weighted by molar-refractivity contribution is 0.0932. The fraction of sp³-hybridized carbons (Fsp3) is 0.458. The molecule has 1 fully saturated rings. The Morgan fingerprint density at radius 1 is 1.04 bits per heavy atom. The van der Waals surface area contributed by atoms with Gasteiger partial charge in [0.05, 0.1) is 13.2 Å². The minimum atomic E-state index is -0.0193. The second-order valence-electron chi connectivity index (χ2n) is 8.11. The summed E-state index contributed by atoms with van der Waals surface area (Å²) in [6.45, 7) is 7.69. The molecular weight excluding hydrogens is 348 g/mol. The molecule has 1 atom stereocenters. The third-order valence-electron chi connectivity index (χ3n) is 5.35. The smallest absolute Gasteiger partial charge is 0.251 e. The highest BCUT2D eigenvalue weighted by Gasteiger charge is 2.18. The van der Waals surface area contributed by atoms with E-state index in [4.69, 9.17) is 4.74 Å². The van der Waals surface area contributed by atoms with Gasteiger partial charge in [-0.05, 0) is 73.7 Å². The average Bonchev–Trinajstić information content (AvgIpc) is 3.21. The summed E-state index contributed by atoms with van der Waals surface area (Å²) in [5.74, 6) is 1.29. The third kappa shape index (κ3) is 5.59. The van der Waals surface area contributed by atoms with E-state index in [1.54, 1.807) is 7.11 Å². The molecule has 28 heavy (non-hydrogen) atoms. The molecule has 1 heterocycles. The van der Waals surface area contributed by atoms with Crippen LogP contribution in [0.25, 0.3) is 0 Å². The molecule has 3 rings (SSSR count). The molecule has 0 radical (unpaired) electrons. The number of carbonyl (C=O) groups is 1. The SMILES string of the molecule is COc1ccc([C@H](CC(C)C)NC(=O)c2ccc(CN3CCCC3)cc2)cc1. The number of nitrogens with zero attached hydrogens (tertiary/aromatic N) is 1. The van der Waals surface area contributed by atoms with Crippen LogP contribution in [0.15, 0.2) is 48.5 Å². The van der Waals surface area contributed by atoms with E-state index in [1.807, 2.05) is 36.4 Å². The summed E-state index contributed by atoms with van der Waals surface area (Å²) in [6.07, 6.45) is 3.48. The number of hydrogen-bond acceptors (Lipinski definition) is 3. The first-order valence-corrected chi connectivity index (χ1v) is 10.3. The lowest BCUT2D eigenvalue weighted by Gasteiger charge is -2.22. The highest BCUT2D eigenvalue weighted by Crippen LogP contribution is 2.24. The van der Waals surface area contributed by atoms with Crippen LogP contribution in [-0.2, 0) is 6.54 Å². The van der Waals surface area contributed by atoms with Gasteiger partial charge in [0.2, 0.25) is 0 Å². The van der Waals surface area contributed by atoms with Gasteiger partial charge in [-0.2, -0.15) is 0 Å². The molecule has 0 saturated carbocycles. The zero-order valence-corrected chi connectivity index (χ0v) is 17.3. The van der Waals surface area contributed by atoms with E-state index >= 15 is 0 Å². The summed E-state index contributed by atoms with van der Waals surface area (Å²) in [4.78, 5) is 15.3. The first-order chi connectivity index (χ1) is 13.5. The predicted molar refractivity (Wildman–Crippen MR) is 114 cm³/mol. The van der Waals surface area contributed by atoms with Crippen molar-refractivity contribution >= 4 is 5.91 Å². The summed E-state index contributed by atoms with van der Waals surface area (Å²) >= 11 is 0. The summed E-state index contributed by atoms with van der Waals surface area (Å²) in [6, 6.07) is 16.0. The summed E-state index contributed by atoms with van der Waals surface area (Å²) < 4.78 is 5.25. The van der Waals surface area contributed by atoms with Gasteiger partial charge >= 0.3 is 0 Å². The molecule has 1 aliphatic heterocycles. The van der Waals surface area contributed by atoms with Gasteiger partial charge in [0.15, 0.2) is 0 Å². The molecule has 1 saturated heterocycles. The molecule has 0 aromatic heterocycles. The average molecular weight is 381 g/mol. The van der Waals surface area contributed by atoms with Crippen molar-refractivity contribution in [3.05, 3.63) is 65.2 Å².